The van der Waals surface area contributed by atoms with E-state index in [1.165, 1.54) is 18.6 Å². The number of rotatable bonds is 4. The Bertz CT molecular complexity index is 611. The maximum absolute atomic E-state index is 13.2. The van der Waals surface area contributed by atoms with Crippen LogP contribution in [0.1, 0.15) is 44.3 Å². The highest BCUT2D eigenvalue weighted by atomic mass is 19.1. The van der Waals surface area contributed by atoms with E-state index < -0.39 is 0 Å². The first kappa shape index (κ1) is 14.5. The number of halogens is 1. The fraction of sp³-hybridized carbons (Fsp3) is 0.562. The SMILES string of the molecule is C[C@H](O)CCN1CCCCC1c1noc2cc(F)ccc12. The van der Waals surface area contributed by atoms with E-state index in [2.05, 4.69) is 10.1 Å². The van der Waals surface area contributed by atoms with Crippen LogP contribution in [0.3, 0.4) is 0 Å². The predicted octanol–water partition coefficient (Wildman–Crippen LogP) is 3.26. The second-order valence-corrected chi connectivity index (χ2v) is 5.89. The number of hydrogen-bond donors (Lipinski definition) is 1. The Hall–Kier alpha value is -1.46. The zero-order valence-corrected chi connectivity index (χ0v) is 12.3. The maximum Gasteiger partial charge on any atom is 0.170 e. The Kier molecular flexibility index (Phi) is 4.22. The van der Waals surface area contributed by atoms with E-state index in [-0.39, 0.29) is 18.0 Å². The Morgan fingerprint density at radius 1 is 1.48 bits per heavy atom. The molecule has 1 N–H and O–H groups in total. The second kappa shape index (κ2) is 6.12. The van der Waals surface area contributed by atoms with Gasteiger partial charge in [0.1, 0.15) is 11.5 Å². The summed E-state index contributed by atoms with van der Waals surface area (Å²) in [6.45, 7) is 3.66. The van der Waals surface area contributed by atoms with E-state index in [4.69, 9.17) is 4.52 Å². The Balaban J connectivity index is 1.87. The van der Waals surface area contributed by atoms with Crippen molar-refractivity contribution in [1.29, 1.82) is 0 Å². The molecule has 2 heterocycles. The molecule has 1 saturated heterocycles. The van der Waals surface area contributed by atoms with Crippen LogP contribution < -0.4 is 0 Å². The van der Waals surface area contributed by atoms with Crippen molar-refractivity contribution in [3.8, 4) is 0 Å². The van der Waals surface area contributed by atoms with Gasteiger partial charge in [-0.3, -0.25) is 4.90 Å². The Morgan fingerprint density at radius 3 is 3.14 bits per heavy atom. The average Bonchev–Trinajstić information content (AvgIpc) is 2.88. The number of aromatic nitrogens is 1. The lowest BCUT2D eigenvalue weighted by Gasteiger charge is -2.34. The van der Waals surface area contributed by atoms with Crippen molar-refractivity contribution in [2.24, 2.45) is 0 Å². The van der Waals surface area contributed by atoms with E-state index in [1.807, 2.05) is 6.92 Å². The first-order valence-electron chi connectivity index (χ1n) is 7.62. The zero-order valence-electron chi connectivity index (χ0n) is 12.3. The van der Waals surface area contributed by atoms with Crippen LogP contribution >= 0.6 is 0 Å². The van der Waals surface area contributed by atoms with Gasteiger partial charge in [0, 0.05) is 18.0 Å². The van der Waals surface area contributed by atoms with E-state index in [9.17, 15) is 9.50 Å². The molecule has 1 aliphatic heterocycles. The molecule has 0 amide bonds. The topological polar surface area (TPSA) is 49.5 Å². The third kappa shape index (κ3) is 3.09. The van der Waals surface area contributed by atoms with Crippen LogP contribution in [-0.4, -0.2) is 34.4 Å². The molecule has 0 aliphatic carbocycles. The molecule has 5 heteroatoms. The number of nitrogens with zero attached hydrogens (tertiary/aromatic N) is 2. The van der Waals surface area contributed by atoms with Gasteiger partial charge >= 0.3 is 0 Å². The molecule has 0 bridgehead atoms. The zero-order chi connectivity index (χ0) is 14.8. The second-order valence-electron chi connectivity index (χ2n) is 5.89. The van der Waals surface area contributed by atoms with E-state index in [1.54, 1.807) is 6.07 Å². The summed E-state index contributed by atoms with van der Waals surface area (Å²) in [5, 5.41) is 14.6. The fourth-order valence-corrected chi connectivity index (χ4v) is 3.09. The summed E-state index contributed by atoms with van der Waals surface area (Å²) in [5.41, 5.74) is 1.40. The molecule has 1 aliphatic rings. The number of likely N-dealkylation sites (tertiary alicyclic amines) is 1. The number of piperidine rings is 1. The van der Waals surface area contributed by atoms with E-state index in [0.29, 0.717) is 5.58 Å². The van der Waals surface area contributed by atoms with Crippen LogP contribution in [0.4, 0.5) is 4.39 Å². The molecule has 1 unspecified atom stereocenters. The van der Waals surface area contributed by atoms with Crippen LogP contribution in [0.15, 0.2) is 22.7 Å². The minimum absolute atomic E-state index is 0.198. The van der Waals surface area contributed by atoms with Crippen molar-refractivity contribution in [1.82, 2.24) is 10.1 Å². The van der Waals surface area contributed by atoms with E-state index >= 15 is 0 Å². The fourth-order valence-electron chi connectivity index (χ4n) is 3.09. The highest BCUT2D eigenvalue weighted by molar-refractivity contribution is 5.79. The van der Waals surface area contributed by atoms with Crippen molar-refractivity contribution >= 4 is 11.0 Å². The predicted molar refractivity (Wildman–Crippen MR) is 78.4 cm³/mol. The Labute approximate surface area is 123 Å². The maximum atomic E-state index is 13.2. The molecule has 2 atom stereocenters. The molecule has 0 spiro atoms. The van der Waals surface area contributed by atoms with Gasteiger partial charge in [-0.1, -0.05) is 11.6 Å². The first-order valence-corrected chi connectivity index (χ1v) is 7.62. The highest BCUT2D eigenvalue weighted by Crippen LogP contribution is 2.34. The van der Waals surface area contributed by atoms with Crippen molar-refractivity contribution in [2.45, 2.75) is 44.8 Å². The van der Waals surface area contributed by atoms with Crippen molar-refractivity contribution in [2.75, 3.05) is 13.1 Å². The van der Waals surface area contributed by atoms with Crippen molar-refractivity contribution in [3.63, 3.8) is 0 Å². The molecule has 21 heavy (non-hydrogen) atoms. The highest BCUT2D eigenvalue weighted by Gasteiger charge is 2.28. The van der Waals surface area contributed by atoms with Gasteiger partial charge in [0.25, 0.3) is 0 Å². The van der Waals surface area contributed by atoms with Gasteiger partial charge in [-0.15, -0.1) is 0 Å². The number of aliphatic hydroxyl groups excluding tert-OH is 1. The first-order chi connectivity index (χ1) is 10.1. The molecule has 1 fully saturated rings. The normalized spacial score (nSPS) is 21.8. The third-order valence-corrected chi connectivity index (χ3v) is 4.23. The third-order valence-electron chi connectivity index (χ3n) is 4.23. The molecule has 0 radical (unpaired) electrons. The molecule has 3 rings (SSSR count). The van der Waals surface area contributed by atoms with E-state index in [0.717, 1.165) is 43.4 Å². The molecule has 114 valence electrons. The van der Waals surface area contributed by atoms with Crippen LogP contribution in [-0.2, 0) is 0 Å². The van der Waals surface area contributed by atoms with Gasteiger partial charge in [-0.05, 0) is 44.9 Å². The minimum atomic E-state index is -0.306. The molecule has 4 nitrogen and oxygen atoms in total. The number of aliphatic hydroxyl groups is 1. The molecular formula is C16H21FN2O2. The number of hydrogen-bond acceptors (Lipinski definition) is 4. The van der Waals surface area contributed by atoms with Gasteiger partial charge in [0.05, 0.1) is 12.1 Å². The van der Waals surface area contributed by atoms with Crippen LogP contribution in [0.25, 0.3) is 11.0 Å². The largest absolute Gasteiger partial charge is 0.393 e. The molecule has 1 aromatic carbocycles. The summed E-state index contributed by atoms with van der Waals surface area (Å²) >= 11 is 0. The van der Waals surface area contributed by atoms with Crippen LogP contribution in [0.5, 0.6) is 0 Å². The molecule has 0 saturated carbocycles. The molecule has 1 aromatic heterocycles. The van der Waals surface area contributed by atoms with Crippen LogP contribution in [0.2, 0.25) is 0 Å². The number of fused-ring (bicyclic) bond motifs is 1. The molecule has 2 aromatic rings. The summed E-state index contributed by atoms with van der Waals surface area (Å²) in [6, 6.07) is 4.78. The summed E-state index contributed by atoms with van der Waals surface area (Å²) in [7, 11) is 0. The van der Waals surface area contributed by atoms with Gasteiger partial charge in [0.15, 0.2) is 5.58 Å². The Morgan fingerprint density at radius 2 is 2.33 bits per heavy atom. The smallest absolute Gasteiger partial charge is 0.170 e. The van der Waals surface area contributed by atoms with Crippen molar-refractivity contribution in [3.05, 3.63) is 29.7 Å². The van der Waals surface area contributed by atoms with Gasteiger partial charge < -0.3 is 9.63 Å². The summed E-state index contributed by atoms with van der Waals surface area (Å²) < 4.78 is 18.5. The summed E-state index contributed by atoms with van der Waals surface area (Å²) in [5.74, 6) is -0.306. The van der Waals surface area contributed by atoms with Gasteiger partial charge in [0.2, 0.25) is 0 Å². The standard InChI is InChI=1S/C16H21FN2O2/c1-11(20)7-9-19-8-3-2-4-14(19)16-13-6-5-12(17)10-15(13)21-18-16/h5-6,10-11,14,20H,2-4,7-9H2,1H3/t11-,14?/m0/s1. The van der Waals surface area contributed by atoms with Crippen molar-refractivity contribution < 1.29 is 14.0 Å². The summed E-state index contributed by atoms with van der Waals surface area (Å²) in [6.07, 6.45) is 3.81. The lowest BCUT2D eigenvalue weighted by Crippen LogP contribution is -2.35. The van der Waals surface area contributed by atoms with Gasteiger partial charge in [-0.25, -0.2) is 4.39 Å². The number of benzene rings is 1. The van der Waals surface area contributed by atoms with Gasteiger partial charge in [-0.2, -0.15) is 0 Å². The lowest BCUT2D eigenvalue weighted by molar-refractivity contribution is 0.107. The average molecular weight is 292 g/mol. The lowest BCUT2D eigenvalue weighted by atomic mass is 9.97. The quantitative estimate of drug-likeness (QED) is 0.939. The van der Waals surface area contributed by atoms with Crippen LogP contribution in [0, 0.1) is 5.82 Å². The molecular weight excluding hydrogens is 271 g/mol. The summed E-state index contributed by atoms with van der Waals surface area (Å²) in [4.78, 5) is 2.36. The minimum Gasteiger partial charge on any atom is -0.393 e. The monoisotopic (exact) mass is 292 g/mol.